The molecule has 2 aromatic carbocycles. The molecule has 0 aliphatic carbocycles. The summed E-state index contributed by atoms with van der Waals surface area (Å²) >= 11 is 4.56. The maximum absolute atomic E-state index is 13.0. The van der Waals surface area contributed by atoms with Gasteiger partial charge in [0.2, 0.25) is 4.96 Å². The average Bonchev–Trinajstić information content (AvgIpc) is 3.87. The minimum atomic E-state index is -0.325. The molecule has 45 heavy (non-hydrogen) atoms. The number of aliphatic hydroxyl groups excluding tert-OH is 1. The summed E-state index contributed by atoms with van der Waals surface area (Å²) < 4.78 is 19.9. The summed E-state index contributed by atoms with van der Waals surface area (Å²) in [6.45, 7) is 7.37. The Morgan fingerprint density at radius 3 is 2.69 bits per heavy atom. The number of fused-ring (bicyclic) bond motifs is 2. The number of amides is 1. The van der Waals surface area contributed by atoms with Crippen LogP contribution in [0, 0.1) is 6.92 Å². The van der Waals surface area contributed by atoms with Crippen LogP contribution in [0.2, 0.25) is 0 Å². The van der Waals surface area contributed by atoms with E-state index in [1.807, 2.05) is 56.6 Å². The van der Waals surface area contributed by atoms with Crippen molar-refractivity contribution in [3.8, 4) is 32.8 Å². The fraction of sp³-hybridized carbons (Fsp3) is 0.323. The van der Waals surface area contributed by atoms with E-state index in [1.165, 1.54) is 34.0 Å². The highest BCUT2D eigenvalue weighted by atomic mass is 32.1. The van der Waals surface area contributed by atoms with Crippen molar-refractivity contribution in [1.29, 1.82) is 0 Å². The molecule has 0 saturated carbocycles. The van der Waals surface area contributed by atoms with Crippen LogP contribution in [0.15, 0.2) is 48.0 Å². The minimum absolute atomic E-state index is 0.113. The number of carbonyl (C=O) groups is 1. The highest BCUT2D eigenvalue weighted by Crippen LogP contribution is 2.39. The number of benzene rings is 2. The van der Waals surface area contributed by atoms with Crippen molar-refractivity contribution in [2.75, 3.05) is 33.5 Å². The summed E-state index contributed by atoms with van der Waals surface area (Å²) in [6, 6.07) is 10.8. The summed E-state index contributed by atoms with van der Waals surface area (Å²) in [7, 11) is 1.62. The number of rotatable bonds is 8. The lowest BCUT2D eigenvalue weighted by molar-refractivity contribution is -0.0183. The van der Waals surface area contributed by atoms with Gasteiger partial charge in [0.15, 0.2) is 0 Å². The Bertz CT molecular complexity index is 1900. The predicted molar refractivity (Wildman–Crippen MR) is 177 cm³/mol. The maximum Gasteiger partial charge on any atom is 0.254 e. The molecule has 5 heterocycles. The third-order valence-corrected chi connectivity index (χ3v) is 9.92. The Morgan fingerprint density at radius 2 is 1.93 bits per heavy atom. The average molecular weight is 665 g/mol. The fourth-order valence-electron chi connectivity index (χ4n) is 4.87. The lowest BCUT2D eigenvalue weighted by Gasteiger charge is -2.34. The number of morpholine rings is 1. The maximum atomic E-state index is 13.0. The highest BCUT2D eigenvalue weighted by molar-refractivity contribution is 7.22. The van der Waals surface area contributed by atoms with Crippen LogP contribution in [0.1, 0.15) is 34.9 Å². The molecule has 1 N–H and O–H groups in total. The second-order valence-corrected chi connectivity index (χ2v) is 12.9. The van der Waals surface area contributed by atoms with Crippen molar-refractivity contribution in [3.05, 3.63) is 64.2 Å². The van der Waals surface area contributed by atoms with E-state index in [4.69, 9.17) is 29.2 Å². The number of hydrogen-bond acceptors (Lipinski definition) is 12. The van der Waals surface area contributed by atoms with Gasteiger partial charge >= 0.3 is 0 Å². The van der Waals surface area contributed by atoms with E-state index < -0.39 is 0 Å². The summed E-state index contributed by atoms with van der Waals surface area (Å²) in [4.78, 5) is 29.8. The molecular formula is C31H32N6O5S3. The SMILES string of the molecule is CC.COc1cc(OCc2csc(-c3ccc(C(=O)N4CCOC[C@H]4CO)cc3)n2)c2sc(-c3cn4nc(C)sc4n3)nc2c1. The number of methoxy groups -OCH3 is 1. The normalized spacial score (nSPS) is 14.9. The minimum Gasteiger partial charge on any atom is -0.497 e. The number of imidazole rings is 1. The van der Waals surface area contributed by atoms with Gasteiger partial charge in [-0.2, -0.15) is 5.10 Å². The molecule has 11 nitrogen and oxygen atoms in total. The standard InChI is InChI=1S/C29H26N6O5S3.C2H6/c1-16-33-35-11-23(32-29(35)42-16)27-31-22-9-21(38-2)10-24(25(22)43-27)40-13-19-15-41-26(30-19)17-3-5-18(6-4-17)28(37)34-7-8-39-14-20(34)12-36;1-2/h3-6,9-11,15,20,36H,7-8,12-14H2,1-2H3;1-2H3/t20-;/m1./s1. The lowest BCUT2D eigenvalue weighted by Crippen LogP contribution is -2.50. The van der Waals surface area contributed by atoms with Crippen molar-refractivity contribution in [1.82, 2.24) is 29.5 Å². The number of aliphatic hydroxyl groups is 1. The molecule has 4 aromatic heterocycles. The number of nitrogens with zero attached hydrogens (tertiary/aromatic N) is 6. The molecule has 1 saturated heterocycles. The van der Waals surface area contributed by atoms with Crippen molar-refractivity contribution >= 4 is 55.1 Å². The molecule has 234 valence electrons. The van der Waals surface area contributed by atoms with Gasteiger partial charge in [0.1, 0.15) is 38.8 Å². The van der Waals surface area contributed by atoms with Gasteiger partial charge in [-0.3, -0.25) is 4.79 Å². The number of hydrogen-bond donors (Lipinski definition) is 1. The van der Waals surface area contributed by atoms with E-state index in [0.717, 1.165) is 47.2 Å². The largest absolute Gasteiger partial charge is 0.497 e. The van der Waals surface area contributed by atoms with Crippen molar-refractivity contribution < 1.29 is 24.1 Å². The molecule has 1 aliphatic heterocycles. The first kappa shape index (κ1) is 31.0. The molecule has 1 amide bonds. The molecular weight excluding hydrogens is 633 g/mol. The molecule has 0 radical (unpaired) electrons. The highest BCUT2D eigenvalue weighted by Gasteiger charge is 2.27. The molecule has 0 bridgehead atoms. The molecule has 1 atom stereocenters. The van der Waals surface area contributed by atoms with Gasteiger partial charge < -0.3 is 24.2 Å². The zero-order valence-corrected chi connectivity index (χ0v) is 27.7. The van der Waals surface area contributed by atoms with Crippen molar-refractivity contribution in [3.63, 3.8) is 0 Å². The Hall–Kier alpha value is -3.95. The summed E-state index contributed by atoms with van der Waals surface area (Å²) in [5.74, 6) is 1.20. The zero-order valence-electron chi connectivity index (χ0n) is 25.2. The number of aromatic nitrogens is 5. The third kappa shape index (κ3) is 6.42. The second-order valence-electron chi connectivity index (χ2n) is 9.89. The van der Waals surface area contributed by atoms with E-state index >= 15 is 0 Å². The molecule has 6 aromatic rings. The van der Waals surface area contributed by atoms with E-state index in [2.05, 4.69) is 5.10 Å². The van der Waals surface area contributed by atoms with E-state index in [1.54, 1.807) is 28.7 Å². The molecule has 14 heteroatoms. The predicted octanol–water partition coefficient (Wildman–Crippen LogP) is 5.95. The van der Waals surface area contributed by atoms with Crippen LogP contribution in [0.4, 0.5) is 0 Å². The summed E-state index contributed by atoms with van der Waals surface area (Å²) in [5, 5.41) is 18.6. The van der Waals surface area contributed by atoms with Crippen LogP contribution in [0.5, 0.6) is 11.5 Å². The van der Waals surface area contributed by atoms with E-state index in [0.29, 0.717) is 36.8 Å². The van der Waals surface area contributed by atoms with Gasteiger partial charge in [0.25, 0.3) is 5.91 Å². The first-order chi connectivity index (χ1) is 22.0. The molecule has 1 fully saturated rings. The first-order valence-corrected chi connectivity index (χ1v) is 17.0. The van der Waals surface area contributed by atoms with Crippen LogP contribution >= 0.6 is 34.0 Å². The van der Waals surface area contributed by atoms with Crippen LogP contribution in [0.3, 0.4) is 0 Å². The zero-order chi connectivity index (χ0) is 31.5. The number of carbonyl (C=O) groups excluding carboxylic acids is 1. The second kappa shape index (κ2) is 13.6. The van der Waals surface area contributed by atoms with Crippen LogP contribution in [0.25, 0.3) is 36.5 Å². The third-order valence-electron chi connectivity index (χ3n) is 7.03. The number of aryl methyl sites for hydroxylation is 1. The van der Waals surface area contributed by atoms with Crippen molar-refractivity contribution in [2.24, 2.45) is 0 Å². The molecule has 0 spiro atoms. The van der Waals surface area contributed by atoms with Gasteiger partial charge in [0, 0.05) is 35.2 Å². The topological polar surface area (TPSA) is 124 Å². The summed E-state index contributed by atoms with van der Waals surface area (Å²) in [6.07, 6.45) is 1.89. The number of thiazole rings is 2. The Labute approximate surface area is 271 Å². The van der Waals surface area contributed by atoms with Crippen LogP contribution in [-0.4, -0.2) is 80.0 Å². The van der Waals surface area contributed by atoms with Crippen molar-refractivity contribution in [2.45, 2.75) is 33.4 Å². The lowest BCUT2D eigenvalue weighted by atomic mass is 10.1. The first-order valence-electron chi connectivity index (χ1n) is 14.5. The van der Waals surface area contributed by atoms with Gasteiger partial charge in [-0.05, 0) is 19.1 Å². The Morgan fingerprint density at radius 1 is 1.11 bits per heavy atom. The van der Waals surface area contributed by atoms with Gasteiger partial charge in [0.05, 0.1) is 55.1 Å². The quantitative estimate of drug-likeness (QED) is 0.210. The monoisotopic (exact) mass is 664 g/mol. The fourth-order valence-corrected chi connectivity index (χ4v) is 7.37. The molecule has 0 unspecified atom stereocenters. The van der Waals surface area contributed by atoms with Crippen LogP contribution in [-0.2, 0) is 11.3 Å². The smallest absolute Gasteiger partial charge is 0.254 e. The summed E-state index contributed by atoms with van der Waals surface area (Å²) in [5.41, 5.74) is 3.80. The number of ether oxygens (including phenoxy) is 3. The van der Waals surface area contributed by atoms with Gasteiger partial charge in [-0.25, -0.2) is 19.5 Å². The van der Waals surface area contributed by atoms with Gasteiger partial charge in [-0.1, -0.05) is 37.3 Å². The molecule has 7 rings (SSSR count). The molecule has 1 aliphatic rings. The Balaban J connectivity index is 0.00000175. The van der Waals surface area contributed by atoms with E-state index in [-0.39, 0.29) is 25.2 Å². The van der Waals surface area contributed by atoms with Gasteiger partial charge in [-0.15, -0.1) is 22.7 Å². The van der Waals surface area contributed by atoms with E-state index in [9.17, 15) is 9.90 Å². The Kier molecular flexibility index (Phi) is 9.37. The van der Waals surface area contributed by atoms with Crippen LogP contribution < -0.4 is 9.47 Å².